The SMILES string of the molecule is C=C/C=C(\NC(C)=O)C(=O)OC.C=CC=O.COC(=O)C(NC(C)=O)P(=O)(OC)OC.COC([O-])=C(NC(C)=O)P(=O)(OC)OC. The van der Waals surface area contributed by atoms with Crippen molar-refractivity contribution >= 4 is 51.1 Å². The predicted octanol–water partition coefficient (Wildman–Crippen LogP) is 0.586. The molecule has 0 saturated carbocycles. The van der Waals surface area contributed by atoms with Gasteiger partial charge in [-0.15, -0.1) is 0 Å². The molecule has 0 aromatic heterocycles. The van der Waals surface area contributed by atoms with Gasteiger partial charge in [0.2, 0.25) is 23.5 Å². The fourth-order valence-corrected chi connectivity index (χ4v) is 4.58. The summed E-state index contributed by atoms with van der Waals surface area (Å²) in [4.78, 5) is 63.3. The van der Waals surface area contributed by atoms with E-state index in [0.29, 0.717) is 6.29 Å². The van der Waals surface area contributed by atoms with Crippen molar-refractivity contribution in [3.63, 3.8) is 0 Å². The number of carbonyl (C=O) groups is 6. The number of allylic oxidation sites excluding steroid dienone is 3. The smallest absolute Gasteiger partial charge is 0.378 e. The highest BCUT2D eigenvalue weighted by Gasteiger charge is 2.41. The van der Waals surface area contributed by atoms with Crippen LogP contribution in [0.15, 0.2) is 48.5 Å². The third-order valence-electron chi connectivity index (χ3n) is 4.11. The lowest BCUT2D eigenvalue weighted by molar-refractivity contribution is -0.354. The van der Waals surface area contributed by atoms with Crippen molar-refractivity contribution < 1.29 is 75.3 Å². The van der Waals surface area contributed by atoms with E-state index in [1.807, 2.05) is 0 Å². The highest BCUT2D eigenvalue weighted by atomic mass is 31.2. The molecule has 3 N–H and O–H groups in total. The summed E-state index contributed by atoms with van der Waals surface area (Å²) >= 11 is 0. The monoisotopic (exact) mass is 702 g/mol. The largest absolute Gasteiger partial charge is 0.615 e. The van der Waals surface area contributed by atoms with Crippen LogP contribution in [-0.4, -0.2) is 91.5 Å². The van der Waals surface area contributed by atoms with Crippen LogP contribution in [0, 0.1) is 0 Å². The molecule has 0 saturated heterocycles. The number of amides is 3. The Bertz CT molecular complexity index is 1180. The first-order chi connectivity index (χ1) is 21.3. The fourth-order valence-electron chi connectivity index (χ4n) is 2.19. The maximum atomic E-state index is 11.8. The van der Waals surface area contributed by atoms with Crippen LogP contribution < -0.4 is 21.1 Å². The molecule has 0 rings (SSSR count). The van der Waals surface area contributed by atoms with Gasteiger partial charge in [-0.2, -0.15) is 0 Å². The van der Waals surface area contributed by atoms with Crippen molar-refractivity contribution in [2.45, 2.75) is 26.6 Å². The number of aldehydes is 1. The Balaban J connectivity index is -0.000000273. The lowest BCUT2D eigenvalue weighted by atomic mass is 10.4. The lowest BCUT2D eigenvalue weighted by Crippen LogP contribution is -2.40. The molecule has 0 heterocycles. The quantitative estimate of drug-likeness (QED) is 0.0558. The van der Waals surface area contributed by atoms with Gasteiger partial charge in [0.25, 0.3) is 0 Å². The van der Waals surface area contributed by atoms with Gasteiger partial charge in [0.1, 0.15) is 12.0 Å². The Hall–Kier alpha value is -4.12. The first-order valence-corrected chi connectivity index (χ1v) is 15.3. The molecular weight excluding hydrogens is 660 g/mol. The van der Waals surface area contributed by atoms with Crippen LogP contribution in [0.4, 0.5) is 0 Å². The number of hydrogen-bond acceptors (Lipinski definition) is 16. The zero-order chi connectivity index (χ0) is 37.1. The van der Waals surface area contributed by atoms with Crippen molar-refractivity contribution in [1.29, 1.82) is 0 Å². The maximum Gasteiger partial charge on any atom is 0.378 e. The van der Waals surface area contributed by atoms with E-state index in [4.69, 9.17) is 4.79 Å². The van der Waals surface area contributed by atoms with E-state index < -0.39 is 56.1 Å². The summed E-state index contributed by atoms with van der Waals surface area (Å²) in [5.74, 6) is -5.35. The maximum absolute atomic E-state index is 11.8. The molecule has 19 nitrogen and oxygen atoms in total. The van der Waals surface area contributed by atoms with Crippen molar-refractivity contribution in [1.82, 2.24) is 16.0 Å². The standard InChI is InChI=1S/C8H11NO3.2C7H14NO6P.C3H4O/c1-4-5-7(8(11)12-3)9-6(2)10;2*1-5(9)8-6(7(10)12-2)15(11,13-3)14-4;1-2-3-4/h4-5H,1H2,2-3H3,(H,9,10);10H,1-4H3,(H,8,9);6H,1-4H3,(H,8,9);2-3H,1H2/p-1/b7-5-;;;. The summed E-state index contributed by atoms with van der Waals surface area (Å²) in [6.45, 7) is 10.1. The van der Waals surface area contributed by atoms with E-state index in [1.165, 1.54) is 39.2 Å². The van der Waals surface area contributed by atoms with Crippen LogP contribution in [-0.2, 0) is 70.2 Å². The van der Waals surface area contributed by atoms with Crippen LogP contribution >= 0.6 is 15.2 Å². The molecule has 0 aliphatic carbocycles. The van der Waals surface area contributed by atoms with Gasteiger partial charge in [-0.05, 0) is 19.3 Å². The van der Waals surface area contributed by atoms with E-state index in [2.05, 4.69) is 61.4 Å². The van der Waals surface area contributed by atoms with Crippen LogP contribution in [0.1, 0.15) is 20.8 Å². The molecule has 0 radical (unpaired) electrons. The molecular formula is C25H42N3O16P2-. The Kier molecular flexibility index (Phi) is 28.9. The summed E-state index contributed by atoms with van der Waals surface area (Å²) < 4.78 is 55.0. The Morgan fingerprint density at radius 3 is 1.43 bits per heavy atom. The molecule has 3 amide bonds. The molecule has 0 bridgehead atoms. The third kappa shape index (κ3) is 20.8. The number of carbonyl (C=O) groups excluding carboxylic acids is 6. The summed E-state index contributed by atoms with van der Waals surface area (Å²) in [7, 11) is 0.303. The Labute approximate surface area is 267 Å². The molecule has 0 spiro atoms. The van der Waals surface area contributed by atoms with Crippen molar-refractivity contribution in [3.8, 4) is 0 Å². The van der Waals surface area contributed by atoms with Gasteiger partial charge in [0, 0.05) is 49.2 Å². The normalized spacial score (nSPS) is 11.7. The first-order valence-electron chi connectivity index (χ1n) is 12.1. The van der Waals surface area contributed by atoms with Gasteiger partial charge >= 0.3 is 27.1 Å². The summed E-state index contributed by atoms with van der Waals surface area (Å²) in [6.07, 6.45) is 4.59. The predicted molar refractivity (Wildman–Crippen MR) is 161 cm³/mol. The van der Waals surface area contributed by atoms with Crippen LogP contribution in [0.3, 0.4) is 0 Å². The minimum Gasteiger partial charge on any atom is -0.615 e. The van der Waals surface area contributed by atoms with Crippen molar-refractivity contribution in [3.05, 3.63) is 48.5 Å². The molecule has 0 aromatic rings. The van der Waals surface area contributed by atoms with E-state index in [1.54, 1.807) is 0 Å². The van der Waals surface area contributed by atoms with Crippen LogP contribution in [0.5, 0.6) is 0 Å². The minimum absolute atomic E-state index is 0.0833. The van der Waals surface area contributed by atoms with Gasteiger partial charge in [-0.1, -0.05) is 19.2 Å². The third-order valence-corrected chi connectivity index (χ3v) is 7.91. The minimum atomic E-state index is -3.81. The van der Waals surface area contributed by atoms with Crippen molar-refractivity contribution in [2.24, 2.45) is 0 Å². The van der Waals surface area contributed by atoms with Gasteiger partial charge in [0.05, 0.1) is 20.2 Å². The molecule has 264 valence electrons. The molecule has 0 fully saturated rings. The topological polar surface area (TPSA) is 260 Å². The Morgan fingerprint density at radius 1 is 0.717 bits per heavy atom. The first kappa shape index (κ1) is 48.8. The van der Waals surface area contributed by atoms with Crippen molar-refractivity contribution in [2.75, 3.05) is 49.8 Å². The zero-order valence-corrected chi connectivity index (χ0v) is 29.0. The van der Waals surface area contributed by atoms with E-state index in [-0.39, 0.29) is 11.6 Å². The molecule has 0 aliphatic heterocycles. The second-order valence-corrected chi connectivity index (χ2v) is 11.8. The summed E-state index contributed by atoms with van der Waals surface area (Å²) in [5.41, 5.74) is -0.456. The molecule has 21 heteroatoms. The number of nitrogens with one attached hydrogen (secondary N) is 3. The van der Waals surface area contributed by atoms with E-state index in [9.17, 15) is 38.2 Å². The van der Waals surface area contributed by atoms with Gasteiger partial charge in [0.15, 0.2) is 5.44 Å². The average molecular weight is 703 g/mol. The molecule has 0 aromatic carbocycles. The molecule has 0 aliphatic rings. The summed E-state index contributed by atoms with van der Waals surface area (Å²) in [5, 5.41) is 17.7. The zero-order valence-electron chi connectivity index (χ0n) is 27.2. The highest BCUT2D eigenvalue weighted by Crippen LogP contribution is 2.54. The number of hydrogen-bond donors (Lipinski definition) is 3. The van der Waals surface area contributed by atoms with Gasteiger partial charge in [-0.3, -0.25) is 28.3 Å². The molecule has 46 heavy (non-hydrogen) atoms. The number of ether oxygens (including phenoxy) is 3. The van der Waals surface area contributed by atoms with E-state index in [0.717, 1.165) is 49.6 Å². The summed E-state index contributed by atoms with van der Waals surface area (Å²) in [6, 6.07) is 0. The lowest BCUT2D eigenvalue weighted by Gasteiger charge is -2.22. The highest BCUT2D eigenvalue weighted by molar-refractivity contribution is 7.58. The van der Waals surface area contributed by atoms with Gasteiger partial charge in [-0.25, -0.2) is 9.59 Å². The molecule has 1 atom stereocenters. The van der Waals surface area contributed by atoms with Gasteiger partial charge < -0.3 is 53.4 Å². The second kappa shape index (κ2) is 27.2. The number of methoxy groups -OCH3 is 3. The second-order valence-electron chi connectivity index (χ2n) is 7.28. The Morgan fingerprint density at radius 2 is 1.17 bits per heavy atom. The number of rotatable bonds is 14. The van der Waals surface area contributed by atoms with Crippen LogP contribution in [0.25, 0.3) is 0 Å². The fraction of sp³-hybridized carbons (Fsp3) is 0.440. The molecule has 1 unspecified atom stereocenters. The number of esters is 2. The van der Waals surface area contributed by atoms with Crippen LogP contribution in [0.2, 0.25) is 0 Å². The average Bonchev–Trinajstić information content (AvgIpc) is 3.04. The van der Waals surface area contributed by atoms with E-state index >= 15 is 0 Å².